The molecule has 0 amide bonds. The molecule has 3 aromatic heterocycles. The molecule has 2 N–H and O–H groups in total. The van der Waals surface area contributed by atoms with Gasteiger partial charge in [0.2, 0.25) is 16.0 Å². The minimum atomic E-state index is 0.197. The van der Waals surface area contributed by atoms with Crippen LogP contribution in [0.2, 0.25) is 0 Å². The van der Waals surface area contributed by atoms with Crippen LogP contribution in [0.15, 0.2) is 18.3 Å². The maximum atomic E-state index is 6.32. The summed E-state index contributed by atoms with van der Waals surface area (Å²) in [5.74, 6) is 1.30. The third-order valence-corrected chi connectivity index (χ3v) is 6.91. The van der Waals surface area contributed by atoms with Crippen LogP contribution in [0.4, 0.5) is 5.13 Å². The largest absolute Gasteiger partial charge is 0.480 e. The Morgan fingerprint density at radius 2 is 2.17 bits per heavy atom. The average molecular weight is 415 g/mol. The molecule has 29 heavy (non-hydrogen) atoms. The number of nitrogens with zero attached hydrogens (tertiary/aromatic N) is 5. The molecule has 5 heterocycles. The number of aromatic nitrogens is 4. The van der Waals surface area contributed by atoms with Crippen molar-refractivity contribution in [1.29, 1.82) is 0 Å². The second kappa shape index (κ2) is 7.23. The lowest BCUT2D eigenvalue weighted by Gasteiger charge is -2.29. The van der Waals surface area contributed by atoms with Crippen LogP contribution in [0.25, 0.3) is 16.2 Å². The number of ether oxygens (including phenoxy) is 2. The summed E-state index contributed by atoms with van der Waals surface area (Å²) < 4.78 is 13.4. The van der Waals surface area contributed by atoms with E-state index in [1.54, 1.807) is 18.4 Å². The van der Waals surface area contributed by atoms with Gasteiger partial charge in [0.05, 0.1) is 30.7 Å². The third kappa shape index (κ3) is 3.17. The number of hydrogen-bond acceptors (Lipinski definition) is 8. The Labute approximate surface area is 173 Å². The van der Waals surface area contributed by atoms with Crippen LogP contribution in [-0.2, 0) is 4.74 Å². The van der Waals surface area contributed by atoms with Gasteiger partial charge >= 0.3 is 0 Å². The number of rotatable bonds is 4. The first-order valence-electron chi connectivity index (χ1n) is 10.1. The van der Waals surface area contributed by atoms with Gasteiger partial charge in [-0.1, -0.05) is 25.2 Å². The topological polar surface area (TPSA) is 90.8 Å². The van der Waals surface area contributed by atoms with Crippen LogP contribution in [0, 0.1) is 5.92 Å². The number of hydrogen-bond donors (Lipinski definition) is 1. The summed E-state index contributed by atoms with van der Waals surface area (Å²) in [6, 6.07) is 4.29. The molecule has 0 unspecified atom stereocenters. The molecule has 154 valence electrons. The summed E-state index contributed by atoms with van der Waals surface area (Å²) in [4.78, 5) is 12.4. The van der Waals surface area contributed by atoms with Crippen molar-refractivity contribution in [2.75, 3.05) is 31.7 Å². The standard InChI is InChI=1S/C20H26N6O2S/c1-11(2)15-5-4-12(18(23-15)27-3)16-8-22-19-26(16)24-20(29-19)25-9-13-14(21)6-7-28-17(13)10-25/h4-5,8,11,13-14,17H,6-7,9-10,21H2,1-3H3/t13-,14-,17-/m1/s1. The quantitative estimate of drug-likeness (QED) is 0.701. The van der Waals surface area contributed by atoms with Crippen LogP contribution in [0.5, 0.6) is 5.88 Å². The van der Waals surface area contributed by atoms with Crippen molar-refractivity contribution in [3.8, 4) is 17.1 Å². The lowest BCUT2D eigenvalue weighted by atomic mass is 9.93. The van der Waals surface area contributed by atoms with Crippen molar-refractivity contribution in [2.24, 2.45) is 11.7 Å². The van der Waals surface area contributed by atoms with Crippen molar-refractivity contribution < 1.29 is 9.47 Å². The smallest absolute Gasteiger partial charge is 0.222 e. The Balaban J connectivity index is 1.48. The van der Waals surface area contributed by atoms with Crippen molar-refractivity contribution >= 4 is 21.4 Å². The van der Waals surface area contributed by atoms with E-state index in [0.29, 0.717) is 17.7 Å². The zero-order valence-electron chi connectivity index (χ0n) is 16.9. The van der Waals surface area contributed by atoms with Gasteiger partial charge in [0, 0.05) is 37.4 Å². The van der Waals surface area contributed by atoms with Gasteiger partial charge in [-0.25, -0.2) is 14.5 Å². The molecular formula is C20H26N6O2S. The second-order valence-electron chi connectivity index (χ2n) is 8.10. The van der Waals surface area contributed by atoms with Gasteiger partial charge in [0.15, 0.2) is 0 Å². The Morgan fingerprint density at radius 3 is 2.93 bits per heavy atom. The Hall–Kier alpha value is -2.23. The first-order chi connectivity index (χ1) is 14.0. The molecule has 0 aliphatic carbocycles. The van der Waals surface area contributed by atoms with E-state index >= 15 is 0 Å². The summed E-state index contributed by atoms with van der Waals surface area (Å²) in [5.41, 5.74) is 9.09. The van der Waals surface area contributed by atoms with Crippen molar-refractivity contribution in [3.63, 3.8) is 0 Å². The van der Waals surface area contributed by atoms with E-state index < -0.39 is 0 Å². The van der Waals surface area contributed by atoms with Crippen molar-refractivity contribution in [1.82, 2.24) is 19.6 Å². The molecule has 0 bridgehead atoms. The molecule has 3 aromatic rings. The summed E-state index contributed by atoms with van der Waals surface area (Å²) >= 11 is 1.59. The molecule has 2 aliphatic rings. The number of anilines is 1. The Morgan fingerprint density at radius 1 is 1.31 bits per heavy atom. The highest BCUT2D eigenvalue weighted by atomic mass is 32.1. The SMILES string of the molecule is COc1nc(C(C)C)ccc1-c1cnc2sc(N3C[C@@H]4[C@H](N)CCO[C@@H]4C3)nn12. The maximum absolute atomic E-state index is 6.32. The number of imidazole rings is 1. The third-order valence-electron chi connectivity index (χ3n) is 5.93. The predicted octanol–water partition coefficient (Wildman–Crippen LogP) is 2.54. The highest BCUT2D eigenvalue weighted by Gasteiger charge is 2.41. The average Bonchev–Trinajstić information content (AvgIpc) is 3.41. The highest BCUT2D eigenvalue weighted by molar-refractivity contribution is 7.20. The first-order valence-corrected chi connectivity index (χ1v) is 10.9. The van der Waals surface area contributed by atoms with E-state index in [4.69, 9.17) is 20.3 Å². The first kappa shape index (κ1) is 18.8. The fourth-order valence-corrected chi connectivity index (χ4v) is 5.13. The summed E-state index contributed by atoms with van der Waals surface area (Å²) in [6.45, 7) is 6.70. The van der Waals surface area contributed by atoms with E-state index in [0.717, 1.165) is 53.2 Å². The molecule has 0 radical (unpaired) electrons. The minimum absolute atomic E-state index is 0.197. The van der Waals surface area contributed by atoms with Gasteiger partial charge in [-0.2, -0.15) is 0 Å². The van der Waals surface area contributed by atoms with Crippen molar-refractivity contribution in [3.05, 3.63) is 24.0 Å². The lowest BCUT2D eigenvalue weighted by molar-refractivity contribution is -0.00904. The van der Waals surface area contributed by atoms with Crippen LogP contribution >= 0.6 is 11.3 Å². The molecule has 2 fully saturated rings. The van der Waals surface area contributed by atoms with Gasteiger partial charge in [-0.15, -0.1) is 5.10 Å². The molecule has 8 nitrogen and oxygen atoms in total. The molecule has 2 saturated heterocycles. The molecule has 0 saturated carbocycles. The maximum Gasteiger partial charge on any atom is 0.222 e. The van der Waals surface area contributed by atoms with Crippen LogP contribution < -0.4 is 15.4 Å². The van der Waals surface area contributed by atoms with Crippen LogP contribution in [-0.4, -0.2) is 58.5 Å². The molecule has 2 aliphatic heterocycles. The molecule has 5 rings (SSSR count). The van der Waals surface area contributed by atoms with E-state index in [1.165, 1.54) is 0 Å². The molecule has 0 aromatic carbocycles. The Kier molecular flexibility index (Phi) is 4.68. The van der Waals surface area contributed by atoms with E-state index in [1.807, 2.05) is 22.8 Å². The summed E-state index contributed by atoms with van der Waals surface area (Å²) in [7, 11) is 1.65. The number of methoxy groups -OCH3 is 1. The minimum Gasteiger partial charge on any atom is -0.480 e. The van der Waals surface area contributed by atoms with Crippen LogP contribution in [0.3, 0.4) is 0 Å². The van der Waals surface area contributed by atoms with E-state index in [2.05, 4.69) is 28.7 Å². The molecule has 9 heteroatoms. The summed E-state index contributed by atoms with van der Waals surface area (Å²) in [6.07, 6.45) is 2.96. The highest BCUT2D eigenvalue weighted by Crippen LogP contribution is 2.36. The van der Waals surface area contributed by atoms with Gasteiger partial charge in [0.25, 0.3) is 0 Å². The van der Waals surface area contributed by atoms with Crippen molar-refractivity contribution in [2.45, 2.75) is 38.3 Å². The number of fused-ring (bicyclic) bond motifs is 2. The fraction of sp³-hybridized carbons (Fsp3) is 0.550. The summed E-state index contributed by atoms with van der Waals surface area (Å²) in [5, 5.41) is 5.82. The van der Waals surface area contributed by atoms with Gasteiger partial charge < -0.3 is 20.1 Å². The Bertz CT molecular complexity index is 1030. The number of nitrogens with two attached hydrogens (primary N) is 1. The lowest BCUT2D eigenvalue weighted by Crippen LogP contribution is -2.43. The van der Waals surface area contributed by atoms with Gasteiger partial charge in [-0.05, 0) is 24.5 Å². The number of pyridine rings is 1. The van der Waals surface area contributed by atoms with Gasteiger partial charge in [-0.3, -0.25) is 0 Å². The predicted molar refractivity (Wildman–Crippen MR) is 113 cm³/mol. The monoisotopic (exact) mass is 414 g/mol. The van der Waals surface area contributed by atoms with Gasteiger partial charge in [0.1, 0.15) is 0 Å². The molecule has 0 spiro atoms. The van der Waals surface area contributed by atoms with E-state index in [9.17, 15) is 0 Å². The zero-order chi connectivity index (χ0) is 20.1. The second-order valence-corrected chi connectivity index (χ2v) is 9.04. The molecular weight excluding hydrogens is 388 g/mol. The van der Waals surface area contributed by atoms with E-state index in [-0.39, 0.29) is 12.1 Å². The normalized spacial score (nSPS) is 24.4. The van der Waals surface area contributed by atoms with Crippen LogP contribution in [0.1, 0.15) is 31.9 Å². The molecule has 3 atom stereocenters. The zero-order valence-corrected chi connectivity index (χ0v) is 17.7. The fourth-order valence-electron chi connectivity index (χ4n) is 4.23.